The molecule has 0 radical (unpaired) electrons. The molecule has 4 aromatic rings. The van der Waals surface area contributed by atoms with Gasteiger partial charge in [-0.1, -0.05) is 60.7 Å². The van der Waals surface area contributed by atoms with Gasteiger partial charge in [-0.15, -0.1) is 0 Å². The van der Waals surface area contributed by atoms with Crippen LogP contribution in [0.2, 0.25) is 0 Å². The van der Waals surface area contributed by atoms with Gasteiger partial charge in [0.2, 0.25) is 0 Å². The maximum absolute atomic E-state index is 13.9. The molecule has 0 aromatic heterocycles. The smallest absolute Gasteiger partial charge is 0.193 e. The molecule has 0 atom stereocenters. The van der Waals surface area contributed by atoms with Gasteiger partial charge in [0.05, 0.1) is 13.2 Å². The van der Waals surface area contributed by atoms with Crippen LogP contribution in [0, 0.1) is 0 Å². The predicted molar refractivity (Wildman–Crippen MR) is 137 cm³/mol. The van der Waals surface area contributed by atoms with Crippen molar-refractivity contribution in [3.05, 3.63) is 130 Å². The maximum atomic E-state index is 13.9. The minimum Gasteiger partial charge on any atom is -0.494 e. The van der Waals surface area contributed by atoms with Crippen molar-refractivity contribution < 1.29 is 14.3 Å². The summed E-state index contributed by atoms with van der Waals surface area (Å²) in [5.41, 5.74) is 5.63. The average molecular weight is 451 g/mol. The number of hydrogen-bond donors (Lipinski definition) is 0. The van der Waals surface area contributed by atoms with E-state index in [1.807, 2.05) is 86.6 Å². The van der Waals surface area contributed by atoms with Crippen molar-refractivity contribution in [1.29, 1.82) is 0 Å². The molecule has 4 rings (SSSR count). The lowest BCUT2D eigenvalue weighted by atomic mass is 9.90. The van der Waals surface area contributed by atoms with Gasteiger partial charge >= 0.3 is 0 Å². The number of ether oxygens (including phenoxy) is 2. The zero-order valence-corrected chi connectivity index (χ0v) is 19.8. The number of hydrogen-bond acceptors (Lipinski definition) is 3. The molecule has 0 N–H and O–H groups in total. The summed E-state index contributed by atoms with van der Waals surface area (Å²) in [5, 5.41) is 0. The minimum atomic E-state index is 0.0166. The summed E-state index contributed by atoms with van der Waals surface area (Å²) in [4.78, 5) is 13.9. The fourth-order valence-electron chi connectivity index (χ4n) is 4.17. The predicted octanol–water partition coefficient (Wildman–Crippen LogP) is 6.90. The Morgan fingerprint density at radius 2 is 1.00 bits per heavy atom. The van der Waals surface area contributed by atoms with E-state index in [0.29, 0.717) is 37.2 Å². The van der Waals surface area contributed by atoms with E-state index in [1.165, 1.54) is 0 Å². The Morgan fingerprint density at radius 3 is 1.38 bits per heavy atom. The molecule has 0 saturated carbocycles. The van der Waals surface area contributed by atoms with E-state index in [-0.39, 0.29) is 5.78 Å². The quantitative estimate of drug-likeness (QED) is 0.247. The molecule has 0 amide bonds. The average Bonchev–Trinajstić information content (AvgIpc) is 2.86. The Labute approximate surface area is 202 Å². The van der Waals surface area contributed by atoms with Gasteiger partial charge in [-0.25, -0.2) is 0 Å². The standard InChI is InChI=1S/C31H30O3/c1-3-33-27-15-17-29(25(21-27)19-23-11-7-5-8-12-23)31(32)30-18-16-28(34-4-2)22-26(30)20-24-13-9-6-10-14-24/h5-18,21-22H,3-4,19-20H2,1-2H3. The molecule has 4 aromatic carbocycles. The highest BCUT2D eigenvalue weighted by Gasteiger charge is 2.19. The molecule has 0 aliphatic heterocycles. The highest BCUT2D eigenvalue weighted by Crippen LogP contribution is 2.28. The van der Waals surface area contributed by atoms with Gasteiger partial charge in [0.25, 0.3) is 0 Å². The van der Waals surface area contributed by atoms with Gasteiger partial charge < -0.3 is 9.47 Å². The second-order valence-electron chi connectivity index (χ2n) is 8.16. The first-order chi connectivity index (χ1) is 16.7. The highest BCUT2D eigenvalue weighted by molar-refractivity contribution is 6.11. The molecule has 0 heterocycles. The minimum absolute atomic E-state index is 0.0166. The molecule has 0 fully saturated rings. The van der Waals surface area contributed by atoms with Crippen LogP contribution in [0.1, 0.15) is 52.0 Å². The van der Waals surface area contributed by atoms with Crippen molar-refractivity contribution in [3.8, 4) is 11.5 Å². The number of ketones is 1. The summed E-state index contributed by atoms with van der Waals surface area (Å²) in [5.74, 6) is 1.57. The topological polar surface area (TPSA) is 35.5 Å². The molecule has 0 aliphatic carbocycles. The fourth-order valence-corrected chi connectivity index (χ4v) is 4.17. The van der Waals surface area contributed by atoms with E-state index in [9.17, 15) is 4.79 Å². The number of benzene rings is 4. The van der Waals surface area contributed by atoms with E-state index in [2.05, 4.69) is 24.3 Å². The molecule has 172 valence electrons. The van der Waals surface area contributed by atoms with Gasteiger partial charge in [-0.05, 0) is 85.3 Å². The van der Waals surface area contributed by atoms with Gasteiger partial charge in [-0.2, -0.15) is 0 Å². The molecule has 0 bridgehead atoms. The van der Waals surface area contributed by atoms with Crippen molar-refractivity contribution in [2.45, 2.75) is 26.7 Å². The molecule has 3 heteroatoms. The van der Waals surface area contributed by atoms with E-state index in [0.717, 1.165) is 33.8 Å². The van der Waals surface area contributed by atoms with Crippen molar-refractivity contribution in [3.63, 3.8) is 0 Å². The zero-order valence-electron chi connectivity index (χ0n) is 19.8. The molecule has 0 aliphatic rings. The molecular formula is C31H30O3. The Hall–Kier alpha value is -3.85. The summed E-state index contributed by atoms with van der Waals surface area (Å²) in [6.07, 6.45) is 1.32. The van der Waals surface area contributed by atoms with Crippen LogP contribution in [0.5, 0.6) is 11.5 Å². The first-order valence-electron chi connectivity index (χ1n) is 11.8. The van der Waals surface area contributed by atoms with Crippen LogP contribution in [0.15, 0.2) is 97.1 Å². The van der Waals surface area contributed by atoms with Gasteiger partial charge in [-0.3, -0.25) is 4.79 Å². The normalized spacial score (nSPS) is 10.6. The third-order valence-corrected chi connectivity index (χ3v) is 5.74. The fraction of sp³-hybridized carbons (Fsp3) is 0.194. The second-order valence-corrected chi connectivity index (χ2v) is 8.16. The third-order valence-electron chi connectivity index (χ3n) is 5.74. The second kappa shape index (κ2) is 11.3. The largest absolute Gasteiger partial charge is 0.494 e. The Balaban J connectivity index is 1.75. The molecule has 34 heavy (non-hydrogen) atoms. The van der Waals surface area contributed by atoms with E-state index >= 15 is 0 Å². The van der Waals surface area contributed by atoms with Gasteiger partial charge in [0, 0.05) is 11.1 Å². The van der Waals surface area contributed by atoms with Crippen LogP contribution in [0.25, 0.3) is 0 Å². The van der Waals surface area contributed by atoms with E-state index < -0.39 is 0 Å². The van der Waals surface area contributed by atoms with Crippen LogP contribution in [0.4, 0.5) is 0 Å². The lowest BCUT2D eigenvalue weighted by molar-refractivity contribution is 0.103. The van der Waals surface area contributed by atoms with Crippen molar-refractivity contribution in [2.75, 3.05) is 13.2 Å². The first-order valence-corrected chi connectivity index (χ1v) is 11.8. The van der Waals surface area contributed by atoms with Crippen molar-refractivity contribution >= 4 is 5.78 Å². The maximum Gasteiger partial charge on any atom is 0.193 e. The summed E-state index contributed by atoms with van der Waals surface area (Å²) in [7, 11) is 0. The number of rotatable bonds is 10. The zero-order chi connectivity index (χ0) is 23.8. The Bertz CT molecular complexity index is 1130. The summed E-state index contributed by atoms with van der Waals surface area (Å²) in [6.45, 7) is 5.09. The van der Waals surface area contributed by atoms with Crippen LogP contribution in [0.3, 0.4) is 0 Å². The summed E-state index contributed by atoms with van der Waals surface area (Å²) in [6, 6.07) is 32.0. The van der Waals surface area contributed by atoms with Crippen molar-refractivity contribution in [1.82, 2.24) is 0 Å². The molecule has 0 saturated heterocycles. The van der Waals surface area contributed by atoms with Gasteiger partial charge in [0.15, 0.2) is 5.78 Å². The number of carbonyl (C=O) groups is 1. The lowest BCUT2D eigenvalue weighted by Gasteiger charge is -2.15. The third kappa shape index (κ3) is 5.74. The van der Waals surface area contributed by atoms with Crippen LogP contribution < -0.4 is 9.47 Å². The number of carbonyl (C=O) groups excluding carboxylic acids is 1. The van der Waals surface area contributed by atoms with Gasteiger partial charge in [0.1, 0.15) is 11.5 Å². The molecule has 3 nitrogen and oxygen atoms in total. The first kappa shape index (κ1) is 23.3. The van der Waals surface area contributed by atoms with Crippen molar-refractivity contribution in [2.24, 2.45) is 0 Å². The van der Waals surface area contributed by atoms with Crippen LogP contribution in [-0.4, -0.2) is 19.0 Å². The molecular weight excluding hydrogens is 420 g/mol. The van der Waals surface area contributed by atoms with E-state index in [4.69, 9.17) is 9.47 Å². The summed E-state index contributed by atoms with van der Waals surface area (Å²) >= 11 is 0. The van der Waals surface area contributed by atoms with E-state index in [1.54, 1.807) is 0 Å². The molecule has 0 unspecified atom stereocenters. The van der Waals surface area contributed by atoms with Crippen LogP contribution >= 0.6 is 0 Å². The highest BCUT2D eigenvalue weighted by atomic mass is 16.5. The lowest BCUT2D eigenvalue weighted by Crippen LogP contribution is -2.10. The monoisotopic (exact) mass is 450 g/mol. The van der Waals surface area contributed by atoms with Crippen LogP contribution in [-0.2, 0) is 12.8 Å². The summed E-state index contributed by atoms with van der Waals surface area (Å²) < 4.78 is 11.5. The Morgan fingerprint density at radius 1 is 0.588 bits per heavy atom. The Kier molecular flexibility index (Phi) is 7.77. The molecule has 0 spiro atoms. The SMILES string of the molecule is CCOc1ccc(C(=O)c2ccc(OCC)cc2Cc2ccccc2)c(Cc2ccccc2)c1.